The molecule has 2 aromatic carbocycles. The van der Waals surface area contributed by atoms with Crippen molar-refractivity contribution in [3.05, 3.63) is 65.7 Å². The van der Waals surface area contributed by atoms with Crippen molar-refractivity contribution in [3.63, 3.8) is 0 Å². The van der Waals surface area contributed by atoms with Crippen LogP contribution in [0.3, 0.4) is 0 Å². The van der Waals surface area contributed by atoms with Crippen molar-refractivity contribution < 1.29 is 14.1 Å². The molecule has 0 aliphatic heterocycles. The molecule has 0 fully saturated rings. The van der Waals surface area contributed by atoms with Gasteiger partial charge in [-0.3, -0.25) is 9.00 Å². The molecule has 4 heteroatoms. The maximum Gasteiger partial charge on any atom is 0.151 e. The summed E-state index contributed by atoms with van der Waals surface area (Å²) in [6.07, 6.45) is -0.872. The fourth-order valence-corrected chi connectivity index (χ4v) is 3.28. The standard InChI is InChI=1S/C18H20O3S/c1-13-8-10-16(11-9-13)22(21)12-17(19)14(2)18(20)15-6-4-3-5-7-15/h3-11,14,18,20H,12H2,1-2H3/t14-,18+,22?/m0/s1. The van der Waals surface area contributed by atoms with E-state index in [2.05, 4.69) is 0 Å². The number of hydrogen-bond donors (Lipinski definition) is 1. The Morgan fingerprint density at radius 1 is 1.09 bits per heavy atom. The molecule has 2 aromatic rings. The van der Waals surface area contributed by atoms with Gasteiger partial charge in [-0.15, -0.1) is 0 Å². The molecular formula is C18H20O3S. The van der Waals surface area contributed by atoms with E-state index in [1.165, 1.54) is 0 Å². The Hall–Kier alpha value is -1.78. The Labute approximate surface area is 133 Å². The molecule has 0 spiro atoms. The van der Waals surface area contributed by atoms with Crippen molar-refractivity contribution in [3.8, 4) is 0 Å². The lowest BCUT2D eigenvalue weighted by Crippen LogP contribution is -2.24. The third-order valence-corrected chi connectivity index (χ3v) is 5.02. The second kappa shape index (κ2) is 7.47. The van der Waals surface area contributed by atoms with E-state index in [0.29, 0.717) is 10.5 Å². The average molecular weight is 316 g/mol. The van der Waals surface area contributed by atoms with Gasteiger partial charge in [-0.25, -0.2) is 0 Å². The molecule has 0 aliphatic carbocycles. The van der Waals surface area contributed by atoms with Gasteiger partial charge in [0.15, 0.2) is 5.78 Å². The van der Waals surface area contributed by atoms with Crippen LogP contribution in [0.1, 0.15) is 24.2 Å². The van der Waals surface area contributed by atoms with Crippen molar-refractivity contribution in [1.82, 2.24) is 0 Å². The summed E-state index contributed by atoms with van der Waals surface area (Å²) in [6.45, 7) is 3.63. The second-order valence-electron chi connectivity index (χ2n) is 5.41. The molecule has 0 saturated carbocycles. The zero-order valence-corrected chi connectivity index (χ0v) is 13.5. The molecule has 0 heterocycles. The van der Waals surface area contributed by atoms with Crippen molar-refractivity contribution in [2.45, 2.75) is 24.8 Å². The van der Waals surface area contributed by atoms with Gasteiger partial charge in [0, 0.05) is 10.8 Å². The molecule has 1 N–H and O–H groups in total. The molecule has 0 saturated heterocycles. The normalized spacial score (nSPS) is 15.0. The van der Waals surface area contributed by atoms with Gasteiger partial charge in [0.1, 0.15) is 0 Å². The number of carbonyl (C=O) groups excluding carboxylic acids is 1. The fourth-order valence-electron chi connectivity index (χ4n) is 2.15. The van der Waals surface area contributed by atoms with Crippen LogP contribution in [0.2, 0.25) is 0 Å². The van der Waals surface area contributed by atoms with Crippen LogP contribution in [-0.2, 0) is 15.6 Å². The van der Waals surface area contributed by atoms with Gasteiger partial charge >= 0.3 is 0 Å². The van der Waals surface area contributed by atoms with Crippen molar-refractivity contribution in [1.29, 1.82) is 0 Å². The van der Waals surface area contributed by atoms with Gasteiger partial charge in [-0.05, 0) is 24.6 Å². The summed E-state index contributed by atoms with van der Waals surface area (Å²) in [4.78, 5) is 12.9. The van der Waals surface area contributed by atoms with Gasteiger partial charge in [-0.1, -0.05) is 55.0 Å². The summed E-state index contributed by atoms with van der Waals surface area (Å²) >= 11 is 0. The van der Waals surface area contributed by atoms with E-state index in [1.54, 1.807) is 31.2 Å². The van der Waals surface area contributed by atoms with Gasteiger partial charge in [-0.2, -0.15) is 0 Å². The lowest BCUT2D eigenvalue weighted by Gasteiger charge is -2.18. The van der Waals surface area contributed by atoms with Crippen LogP contribution in [0.5, 0.6) is 0 Å². The van der Waals surface area contributed by atoms with Crippen LogP contribution in [-0.4, -0.2) is 20.9 Å². The third-order valence-electron chi connectivity index (χ3n) is 3.68. The SMILES string of the molecule is Cc1ccc(S(=O)CC(=O)[C@H](C)[C@@H](O)c2ccccc2)cc1. The van der Waals surface area contributed by atoms with Gasteiger partial charge < -0.3 is 5.11 Å². The molecular weight excluding hydrogens is 296 g/mol. The molecule has 0 aliphatic rings. The number of benzene rings is 2. The second-order valence-corrected chi connectivity index (χ2v) is 6.86. The Morgan fingerprint density at radius 3 is 2.27 bits per heavy atom. The van der Waals surface area contributed by atoms with Crippen LogP contribution in [0.25, 0.3) is 0 Å². The number of hydrogen-bond acceptors (Lipinski definition) is 3. The number of ketones is 1. The molecule has 0 aromatic heterocycles. The highest BCUT2D eigenvalue weighted by Crippen LogP contribution is 2.23. The van der Waals surface area contributed by atoms with E-state index in [4.69, 9.17) is 0 Å². The maximum atomic E-state index is 12.3. The van der Waals surface area contributed by atoms with Crippen LogP contribution in [0.15, 0.2) is 59.5 Å². The van der Waals surface area contributed by atoms with Crippen molar-refractivity contribution in [2.75, 3.05) is 5.75 Å². The molecule has 2 rings (SSSR count). The number of carbonyl (C=O) groups is 1. The number of Topliss-reactive ketones (excluding diaryl/α,β-unsaturated/α-hetero) is 1. The van der Waals surface area contributed by atoms with E-state index in [-0.39, 0.29) is 11.5 Å². The molecule has 116 valence electrons. The zero-order valence-electron chi connectivity index (χ0n) is 12.7. The van der Waals surface area contributed by atoms with Crippen LogP contribution in [0.4, 0.5) is 0 Å². The summed E-state index contributed by atoms with van der Waals surface area (Å²) in [5.41, 5.74) is 1.78. The highest BCUT2D eigenvalue weighted by molar-refractivity contribution is 7.85. The predicted molar refractivity (Wildman–Crippen MR) is 88.0 cm³/mol. The smallest absolute Gasteiger partial charge is 0.151 e. The summed E-state index contributed by atoms with van der Waals surface area (Å²) < 4.78 is 12.2. The summed E-state index contributed by atoms with van der Waals surface area (Å²) in [5.74, 6) is -0.860. The van der Waals surface area contributed by atoms with Gasteiger partial charge in [0.25, 0.3) is 0 Å². The first-order valence-corrected chi connectivity index (χ1v) is 8.51. The van der Waals surface area contributed by atoms with Crippen LogP contribution >= 0.6 is 0 Å². The van der Waals surface area contributed by atoms with E-state index < -0.39 is 22.8 Å². The largest absolute Gasteiger partial charge is 0.388 e. The van der Waals surface area contributed by atoms with Gasteiger partial charge in [0.05, 0.1) is 22.7 Å². The lowest BCUT2D eigenvalue weighted by molar-refractivity contribution is -0.123. The molecule has 0 radical (unpaired) electrons. The highest BCUT2D eigenvalue weighted by Gasteiger charge is 2.24. The monoisotopic (exact) mass is 316 g/mol. The van der Waals surface area contributed by atoms with Crippen molar-refractivity contribution in [2.24, 2.45) is 5.92 Å². The minimum Gasteiger partial charge on any atom is -0.388 e. The minimum absolute atomic E-state index is 0.0753. The summed E-state index contributed by atoms with van der Waals surface area (Å²) in [6, 6.07) is 16.4. The Bertz CT molecular complexity index is 650. The fraction of sp³-hybridized carbons (Fsp3) is 0.278. The topological polar surface area (TPSA) is 54.4 Å². The average Bonchev–Trinajstić information content (AvgIpc) is 2.54. The van der Waals surface area contributed by atoms with E-state index in [9.17, 15) is 14.1 Å². The van der Waals surface area contributed by atoms with Gasteiger partial charge in [0.2, 0.25) is 0 Å². The number of aryl methyl sites for hydroxylation is 1. The molecule has 0 amide bonds. The molecule has 3 atom stereocenters. The predicted octanol–water partition coefficient (Wildman–Crippen LogP) is 3.04. The quantitative estimate of drug-likeness (QED) is 0.891. The highest BCUT2D eigenvalue weighted by atomic mass is 32.2. The maximum absolute atomic E-state index is 12.3. The summed E-state index contributed by atoms with van der Waals surface area (Å²) in [7, 11) is -1.38. The zero-order chi connectivity index (χ0) is 16.1. The Kier molecular flexibility index (Phi) is 5.63. The summed E-state index contributed by atoms with van der Waals surface area (Å²) in [5, 5.41) is 10.3. The first-order chi connectivity index (χ1) is 10.5. The number of rotatable bonds is 6. The molecule has 1 unspecified atom stereocenters. The number of aliphatic hydroxyl groups is 1. The van der Waals surface area contributed by atoms with Crippen LogP contribution in [0, 0.1) is 12.8 Å². The number of aliphatic hydroxyl groups excluding tert-OH is 1. The van der Waals surface area contributed by atoms with E-state index in [1.807, 2.05) is 37.3 Å². The molecule has 0 bridgehead atoms. The van der Waals surface area contributed by atoms with Crippen molar-refractivity contribution >= 4 is 16.6 Å². The van der Waals surface area contributed by atoms with E-state index in [0.717, 1.165) is 5.56 Å². The third kappa shape index (κ3) is 4.12. The van der Waals surface area contributed by atoms with E-state index >= 15 is 0 Å². The molecule has 22 heavy (non-hydrogen) atoms. The molecule has 3 nitrogen and oxygen atoms in total. The Balaban J connectivity index is 2.02. The Morgan fingerprint density at radius 2 is 1.68 bits per heavy atom. The lowest BCUT2D eigenvalue weighted by atomic mass is 9.94. The first kappa shape index (κ1) is 16.6. The van der Waals surface area contributed by atoms with Crippen LogP contribution < -0.4 is 0 Å². The first-order valence-electron chi connectivity index (χ1n) is 7.20. The minimum atomic E-state index is -1.38.